The minimum Gasteiger partial charge on any atom is -0.350 e. The van der Waals surface area contributed by atoms with E-state index in [4.69, 9.17) is 0 Å². The van der Waals surface area contributed by atoms with Gasteiger partial charge in [-0.15, -0.1) is 0 Å². The molecule has 1 aliphatic heterocycles. The maximum Gasteiger partial charge on any atom is 0.251 e. The molecule has 3 aromatic rings. The van der Waals surface area contributed by atoms with Gasteiger partial charge in [-0.25, -0.2) is 0 Å². The number of amides is 1. The third-order valence-corrected chi connectivity index (χ3v) is 5.69. The van der Waals surface area contributed by atoms with E-state index in [1.807, 2.05) is 44.2 Å². The molecular weight excluding hydrogens is 386 g/mol. The quantitative estimate of drug-likeness (QED) is 0.643. The van der Waals surface area contributed by atoms with Crippen LogP contribution >= 0.6 is 0 Å². The number of nitrogens with one attached hydrogen (secondary N) is 2. The lowest BCUT2D eigenvalue weighted by Gasteiger charge is -2.32. The SMILES string of the molecule is CC(C)NC(=O)c1cccc(-c2cc(-c3ccc(CN4CCN(C)CC4)cc3)[nH]n2)c1. The first-order chi connectivity index (χ1) is 15.0. The molecule has 0 radical (unpaired) electrons. The number of likely N-dealkylation sites (N-methyl/N-ethyl adjacent to an activating group) is 1. The number of carbonyl (C=O) groups excluding carboxylic acids is 1. The Morgan fingerprint density at radius 1 is 1.03 bits per heavy atom. The van der Waals surface area contributed by atoms with Crippen molar-refractivity contribution in [1.82, 2.24) is 25.3 Å². The van der Waals surface area contributed by atoms with Gasteiger partial charge in [0, 0.05) is 49.9 Å². The lowest BCUT2D eigenvalue weighted by molar-refractivity contribution is 0.0943. The van der Waals surface area contributed by atoms with Crippen LogP contribution in [0, 0.1) is 0 Å². The summed E-state index contributed by atoms with van der Waals surface area (Å²) in [6.07, 6.45) is 0. The van der Waals surface area contributed by atoms with E-state index in [0.29, 0.717) is 5.56 Å². The predicted octanol–water partition coefficient (Wildman–Crippen LogP) is 3.63. The maximum atomic E-state index is 12.3. The number of rotatable bonds is 6. The van der Waals surface area contributed by atoms with Gasteiger partial charge < -0.3 is 10.2 Å². The summed E-state index contributed by atoms with van der Waals surface area (Å²) >= 11 is 0. The summed E-state index contributed by atoms with van der Waals surface area (Å²) in [5.74, 6) is -0.0662. The Labute approximate surface area is 184 Å². The number of H-pyrrole nitrogens is 1. The summed E-state index contributed by atoms with van der Waals surface area (Å²) in [6.45, 7) is 9.42. The summed E-state index contributed by atoms with van der Waals surface area (Å²) in [5, 5.41) is 10.6. The zero-order chi connectivity index (χ0) is 21.8. The maximum absolute atomic E-state index is 12.3. The average molecular weight is 418 g/mol. The van der Waals surface area contributed by atoms with Crippen molar-refractivity contribution in [2.75, 3.05) is 33.2 Å². The van der Waals surface area contributed by atoms with E-state index >= 15 is 0 Å². The van der Waals surface area contributed by atoms with Crippen molar-refractivity contribution in [1.29, 1.82) is 0 Å². The fourth-order valence-electron chi connectivity index (χ4n) is 3.84. The zero-order valence-electron chi connectivity index (χ0n) is 18.6. The average Bonchev–Trinajstić information content (AvgIpc) is 3.26. The number of piperazine rings is 1. The molecule has 0 aliphatic carbocycles. The molecule has 31 heavy (non-hydrogen) atoms. The van der Waals surface area contributed by atoms with Crippen molar-refractivity contribution >= 4 is 5.91 Å². The number of hydrogen-bond acceptors (Lipinski definition) is 4. The molecule has 162 valence electrons. The molecule has 2 N–H and O–H groups in total. The largest absolute Gasteiger partial charge is 0.350 e. The molecule has 0 unspecified atom stereocenters. The second kappa shape index (κ2) is 9.45. The Balaban J connectivity index is 1.44. The molecule has 1 aliphatic rings. The van der Waals surface area contributed by atoms with Gasteiger partial charge in [0.15, 0.2) is 0 Å². The molecule has 0 spiro atoms. The highest BCUT2D eigenvalue weighted by atomic mass is 16.1. The van der Waals surface area contributed by atoms with Gasteiger partial charge in [-0.1, -0.05) is 36.4 Å². The van der Waals surface area contributed by atoms with Crippen LogP contribution in [0.5, 0.6) is 0 Å². The van der Waals surface area contributed by atoms with E-state index in [1.165, 1.54) is 5.56 Å². The Bertz CT molecular complexity index is 1020. The van der Waals surface area contributed by atoms with Gasteiger partial charge in [0.25, 0.3) is 5.91 Å². The second-order valence-corrected chi connectivity index (χ2v) is 8.65. The predicted molar refractivity (Wildman–Crippen MR) is 125 cm³/mol. The van der Waals surface area contributed by atoms with Crippen LogP contribution in [0.15, 0.2) is 54.6 Å². The van der Waals surface area contributed by atoms with Crippen LogP contribution in [-0.2, 0) is 6.54 Å². The Kier molecular flexibility index (Phi) is 6.49. The lowest BCUT2D eigenvalue weighted by atomic mass is 10.0. The van der Waals surface area contributed by atoms with Crippen molar-refractivity contribution in [3.05, 3.63) is 65.7 Å². The lowest BCUT2D eigenvalue weighted by Crippen LogP contribution is -2.43. The minimum atomic E-state index is -0.0662. The fourth-order valence-corrected chi connectivity index (χ4v) is 3.84. The van der Waals surface area contributed by atoms with Crippen LogP contribution in [-0.4, -0.2) is 65.2 Å². The highest BCUT2D eigenvalue weighted by molar-refractivity contribution is 5.95. The molecule has 6 nitrogen and oxygen atoms in total. The Morgan fingerprint density at radius 3 is 2.48 bits per heavy atom. The van der Waals surface area contributed by atoms with E-state index in [2.05, 4.69) is 56.6 Å². The summed E-state index contributed by atoms with van der Waals surface area (Å²) in [4.78, 5) is 17.2. The Morgan fingerprint density at radius 2 is 1.77 bits per heavy atom. The second-order valence-electron chi connectivity index (χ2n) is 8.65. The zero-order valence-corrected chi connectivity index (χ0v) is 18.6. The van der Waals surface area contributed by atoms with Crippen LogP contribution in [0.1, 0.15) is 29.8 Å². The number of nitrogens with zero attached hydrogens (tertiary/aromatic N) is 3. The summed E-state index contributed by atoms with van der Waals surface area (Å²) in [7, 11) is 2.18. The van der Waals surface area contributed by atoms with Gasteiger partial charge in [-0.2, -0.15) is 5.10 Å². The van der Waals surface area contributed by atoms with Gasteiger partial charge in [0.05, 0.1) is 11.4 Å². The third-order valence-electron chi connectivity index (χ3n) is 5.69. The summed E-state index contributed by atoms with van der Waals surface area (Å²) < 4.78 is 0. The molecule has 4 rings (SSSR count). The number of carbonyl (C=O) groups is 1. The first-order valence-corrected chi connectivity index (χ1v) is 10.9. The first-order valence-electron chi connectivity index (χ1n) is 10.9. The van der Waals surface area contributed by atoms with Crippen molar-refractivity contribution in [2.24, 2.45) is 0 Å². The molecular formula is C25H31N5O. The van der Waals surface area contributed by atoms with E-state index < -0.39 is 0 Å². The van der Waals surface area contributed by atoms with Gasteiger partial charge in [-0.3, -0.25) is 14.8 Å². The van der Waals surface area contributed by atoms with Crippen LogP contribution in [0.25, 0.3) is 22.5 Å². The molecule has 1 aromatic heterocycles. The van der Waals surface area contributed by atoms with Crippen LogP contribution in [0.4, 0.5) is 0 Å². The van der Waals surface area contributed by atoms with Gasteiger partial charge in [0.2, 0.25) is 0 Å². The number of benzene rings is 2. The van der Waals surface area contributed by atoms with Crippen molar-refractivity contribution in [3.63, 3.8) is 0 Å². The van der Waals surface area contributed by atoms with Gasteiger partial charge >= 0.3 is 0 Å². The first kappa shape index (κ1) is 21.3. The summed E-state index contributed by atoms with van der Waals surface area (Å²) in [5.41, 5.74) is 5.80. The Hall–Kier alpha value is -2.96. The van der Waals surface area contributed by atoms with Gasteiger partial charge in [-0.05, 0) is 50.2 Å². The van der Waals surface area contributed by atoms with Crippen molar-refractivity contribution in [2.45, 2.75) is 26.4 Å². The van der Waals surface area contributed by atoms with Crippen LogP contribution < -0.4 is 5.32 Å². The van der Waals surface area contributed by atoms with Crippen LogP contribution in [0.3, 0.4) is 0 Å². The monoisotopic (exact) mass is 417 g/mol. The van der Waals surface area contributed by atoms with E-state index in [-0.39, 0.29) is 11.9 Å². The molecule has 2 aromatic carbocycles. The smallest absolute Gasteiger partial charge is 0.251 e. The topological polar surface area (TPSA) is 64.3 Å². The van der Waals surface area contributed by atoms with Gasteiger partial charge in [0.1, 0.15) is 0 Å². The number of hydrogen-bond donors (Lipinski definition) is 2. The van der Waals surface area contributed by atoms with E-state index in [1.54, 1.807) is 0 Å². The van der Waals surface area contributed by atoms with E-state index in [0.717, 1.165) is 55.2 Å². The fraction of sp³-hybridized carbons (Fsp3) is 0.360. The molecule has 0 bridgehead atoms. The van der Waals surface area contributed by atoms with Crippen LogP contribution in [0.2, 0.25) is 0 Å². The minimum absolute atomic E-state index is 0.0662. The summed E-state index contributed by atoms with van der Waals surface area (Å²) in [6, 6.07) is 18.4. The van der Waals surface area contributed by atoms with E-state index in [9.17, 15) is 4.79 Å². The highest BCUT2D eigenvalue weighted by Gasteiger charge is 2.14. The molecule has 6 heteroatoms. The molecule has 2 heterocycles. The van der Waals surface area contributed by atoms with Crippen molar-refractivity contribution < 1.29 is 4.79 Å². The molecule has 1 amide bonds. The molecule has 0 saturated carbocycles. The standard InChI is InChI=1S/C25H31N5O/c1-18(2)26-25(31)22-6-4-5-21(15-22)24-16-23(27-28-24)20-9-7-19(8-10-20)17-30-13-11-29(3)12-14-30/h4-10,15-16,18H,11-14,17H2,1-3H3,(H,26,31)(H,27,28). The number of aromatic amines is 1. The third kappa shape index (κ3) is 5.40. The molecule has 1 fully saturated rings. The highest BCUT2D eigenvalue weighted by Crippen LogP contribution is 2.25. The molecule has 0 atom stereocenters. The number of aromatic nitrogens is 2. The molecule has 1 saturated heterocycles. The normalized spacial score (nSPS) is 15.4. The van der Waals surface area contributed by atoms with Crippen molar-refractivity contribution in [3.8, 4) is 22.5 Å².